The van der Waals surface area contributed by atoms with Gasteiger partial charge in [-0.15, -0.1) is 5.10 Å². The Balaban J connectivity index is 1.26. The predicted molar refractivity (Wildman–Crippen MR) is 173 cm³/mol. The van der Waals surface area contributed by atoms with Gasteiger partial charge in [0.2, 0.25) is 6.79 Å². The molecule has 0 aliphatic heterocycles. The summed E-state index contributed by atoms with van der Waals surface area (Å²) in [6, 6.07) is 16.3. The monoisotopic (exact) mass is 625 g/mol. The van der Waals surface area contributed by atoms with Gasteiger partial charge in [-0.05, 0) is 88.3 Å². The molecule has 6 rings (SSSR count). The first-order valence-corrected chi connectivity index (χ1v) is 16.2. The summed E-state index contributed by atoms with van der Waals surface area (Å²) in [6.45, 7) is 6.95. The van der Waals surface area contributed by atoms with Crippen molar-refractivity contribution in [1.82, 2.24) is 24.8 Å². The third kappa shape index (κ3) is 7.00. The van der Waals surface area contributed by atoms with E-state index in [1.54, 1.807) is 25.5 Å². The summed E-state index contributed by atoms with van der Waals surface area (Å²) in [5.74, 6) is 0.496. The van der Waals surface area contributed by atoms with E-state index in [1.165, 1.54) is 38.3 Å². The molecule has 3 atom stereocenters. The lowest BCUT2D eigenvalue weighted by molar-refractivity contribution is -0.161. The topological polar surface area (TPSA) is 110 Å². The normalized spacial score (nSPS) is 19.0. The molecule has 10 heteroatoms. The van der Waals surface area contributed by atoms with Crippen LogP contribution in [0, 0.1) is 11.3 Å². The zero-order valence-corrected chi connectivity index (χ0v) is 27.3. The van der Waals surface area contributed by atoms with Crippen LogP contribution in [-0.4, -0.2) is 49.6 Å². The maximum Gasteiger partial charge on any atom is 0.344 e. The maximum atomic E-state index is 13.3. The van der Waals surface area contributed by atoms with Crippen molar-refractivity contribution >= 4 is 11.9 Å². The van der Waals surface area contributed by atoms with Crippen LogP contribution in [0.2, 0.25) is 0 Å². The van der Waals surface area contributed by atoms with Gasteiger partial charge in [0, 0.05) is 25.1 Å². The van der Waals surface area contributed by atoms with Gasteiger partial charge in [0.15, 0.2) is 0 Å². The van der Waals surface area contributed by atoms with Crippen LogP contribution in [0.3, 0.4) is 0 Å². The molecule has 46 heavy (non-hydrogen) atoms. The van der Waals surface area contributed by atoms with E-state index >= 15 is 0 Å². The highest BCUT2D eigenvalue weighted by Crippen LogP contribution is 2.55. The van der Waals surface area contributed by atoms with E-state index in [2.05, 4.69) is 46.6 Å². The fourth-order valence-corrected chi connectivity index (χ4v) is 6.35. The summed E-state index contributed by atoms with van der Waals surface area (Å²) >= 11 is 0. The Hall–Kier alpha value is -4.47. The van der Waals surface area contributed by atoms with Gasteiger partial charge >= 0.3 is 11.9 Å². The highest BCUT2D eigenvalue weighted by Gasteiger charge is 2.46. The molecule has 0 amide bonds. The van der Waals surface area contributed by atoms with Crippen LogP contribution in [0.4, 0.5) is 0 Å². The molecule has 2 heterocycles. The summed E-state index contributed by atoms with van der Waals surface area (Å²) in [4.78, 5) is 25.5. The van der Waals surface area contributed by atoms with Crippen molar-refractivity contribution in [1.29, 1.82) is 0 Å². The van der Waals surface area contributed by atoms with E-state index in [-0.39, 0.29) is 17.9 Å². The van der Waals surface area contributed by atoms with Crippen molar-refractivity contribution in [3.05, 3.63) is 77.9 Å². The average Bonchev–Trinajstić information content (AvgIpc) is 3.49. The smallest absolute Gasteiger partial charge is 0.344 e. The zero-order chi connectivity index (χ0) is 32.4. The van der Waals surface area contributed by atoms with Crippen LogP contribution in [0.25, 0.3) is 16.8 Å². The molecule has 2 aliphatic carbocycles. The number of carbonyl (C=O) groups excluding carboxylic acids is 2. The summed E-state index contributed by atoms with van der Waals surface area (Å²) in [5.41, 5.74) is 4.09. The van der Waals surface area contributed by atoms with Gasteiger partial charge in [0.1, 0.15) is 11.3 Å². The molecule has 242 valence electrons. The van der Waals surface area contributed by atoms with Crippen molar-refractivity contribution in [3.63, 3.8) is 0 Å². The number of aromatic nitrogens is 5. The summed E-state index contributed by atoms with van der Waals surface area (Å²) in [6.07, 6.45) is 10.7. The number of ether oxygens (including phenoxy) is 3. The minimum atomic E-state index is -0.704. The third-order valence-corrected chi connectivity index (χ3v) is 9.05. The molecular weight excluding hydrogens is 582 g/mol. The molecule has 0 saturated heterocycles. The molecule has 0 radical (unpaired) electrons. The molecule has 0 unspecified atom stereocenters. The molecule has 2 aliphatic rings. The van der Waals surface area contributed by atoms with Gasteiger partial charge in [-0.3, -0.25) is 9.48 Å². The second-order valence-electron chi connectivity index (χ2n) is 13.7. The molecule has 10 nitrogen and oxygen atoms in total. The van der Waals surface area contributed by atoms with E-state index in [1.807, 2.05) is 42.2 Å². The van der Waals surface area contributed by atoms with E-state index in [0.717, 1.165) is 40.4 Å². The van der Waals surface area contributed by atoms with Gasteiger partial charge in [-0.2, -0.15) is 5.10 Å². The number of hydrogen-bond acceptors (Lipinski definition) is 8. The van der Waals surface area contributed by atoms with Crippen LogP contribution >= 0.6 is 0 Å². The molecule has 4 aromatic rings. The number of nitrogens with zero attached hydrogens (tertiary/aromatic N) is 5. The highest BCUT2D eigenvalue weighted by atomic mass is 16.7. The maximum absolute atomic E-state index is 13.3. The minimum Gasteiger partial charge on any atom is -0.490 e. The number of hydrogen-bond donors (Lipinski definition) is 0. The summed E-state index contributed by atoms with van der Waals surface area (Å²) < 4.78 is 20.5. The van der Waals surface area contributed by atoms with Crippen molar-refractivity contribution in [2.45, 2.75) is 84.2 Å². The lowest BCUT2D eigenvalue weighted by Gasteiger charge is -2.28. The Bertz CT molecular complexity index is 1700. The summed E-state index contributed by atoms with van der Waals surface area (Å²) in [5, 5.41) is 13.1. The van der Waals surface area contributed by atoms with E-state index in [4.69, 9.17) is 14.2 Å². The first-order chi connectivity index (χ1) is 22.1. The van der Waals surface area contributed by atoms with Crippen LogP contribution in [-0.2, 0) is 21.3 Å². The highest BCUT2D eigenvalue weighted by molar-refractivity contribution is 5.91. The number of rotatable bonds is 10. The lowest BCUT2D eigenvalue weighted by Crippen LogP contribution is -2.25. The second kappa shape index (κ2) is 13.1. The lowest BCUT2D eigenvalue weighted by atomic mass is 9.86. The SMILES string of the molecule is C[C@H](Oc1cccc(-c2cccc(-n3ncc(C(=O)OCOC(=O)C(C)(C)C)c3[C@@H]3C[C@H]3c3cn(C)nn3)c2)c1)C1CCCCC1. The molecule has 2 aromatic heterocycles. The standard InChI is InChI=1S/C36H43N5O5/c1-23(24-11-7-6-8-12-24)46-28-16-10-14-26(18-28)25-13-9-15-27(17-25)41-33(30-19-29(30)32-21-40(5)39-38-32)31(20-37-41)34(42)44-22-45-35(43)36(2,3)4/h9-10,13-18,20-21,23-24,29-30H,6-8,11-12,19,22H2,1-5H3/t23-,29+,30+/m0/s1. The van der Waals surface area contributed by atoms with Gasteiger partial charge in [0.05, 0.1) is 34.8 Å². The Kier molecular flexibility index (Phi) is 8.97. The summed E-state index contributed by atoms with van der Waals surface area (Å²) in [7, 11) is 1.84. The van der Waals surface area contributed by atoms with Crippen molar-refractivity contribution in [2.24, 2.45) is 18.4 Å². The first kappa shape index (κ1) is 31.5. The van der Waals surface area contributed by atoms with E-state index in [9.17, 15) is 9.59 Å². The van der Waals surface area contributed by atoms with E-state index < -0.39 is 24.1 Å². The number of benzene rings is 2. The molecule has 0 bridgehead atoms. The van der Waals surface area contributed by atoms with Crippen molar-refractivity contribution < 1.29 is 23.8 Å². The molecular formula is C36H43N5O5. The van der Waals surface area contributed by atoms with Gasteiger partial charge in [-0.1, -0.05) is 48.7 Å². The van der Waals surface area contributed by atoms with Crippen molar-refractivity contribution in [3.8, 4) is 22.6 Å². The Labute approximate surface area is 270 Å². The van der Waals surface area contributed by atoms with Crippen LogP contribution < -0.4 is 4.74 Å². The Morgan fingerprint density at radius 1 is 0.978 bits per heavy atom. The van der Waals surface area contributed by atoms with E-state index in [0.29, 0.717) is 11.5 Å². The second-order valence-corrected chi connectivity index (χ2v) is 13.7. The van der Waals surface area contributed by atoms with Gasteiger partial charge in [-0.25, -0.2) is 9.48 Å². The molecule has 2 saturated carbocycles. The first-order valence-electron chi connectivity index (χ1n) is 16.2. The fourth-order valence-electron chi connectivity index (χ4n) is 6.35. The van der Waals surface area contributed by atoms with Crippen LogP contribution in [0.1, 0.15) is 99.8 Å². The number of aryl methyl sites for hydroxylation is 1. The number of carbonyl (C=O) groups is 2. The molecule has 2 aromatic carbocycles. The van der Waals surface area contributed by atoms with Crippen LogP contribution in [0.15, 0.2) is 60.9 Å². The average molecular weight is 626 g/mol. The third-order valence-electron chi connectivity index (χ3n) is 9.05. The Morgan fingerprint density at radius 2 is 1.72 bits per heavy atom. The van der Waals surface area contributed by atoms with Crippen molar-refractivity contribution in [2.75, 3.05) is 6.79 Å². The predicted octanol–water partition coefficient (Wildman–Crippen LogP) is 6.99. The van der Waals surface area contributed by atoms with Crippen LogP contribution in [0.5, 0.6) is 5.75 Å². The number of esters is 2. The fraction of sp³-hybridized carbons (Fsp3) is 0.472. The Morgan fingerprint density at radius 3 is 2.43 bits per heavy atom. The van der Waals surface area contributed by atoms with Gasteiger partial charge < -0.3 is 14.2 Å². The molecule has 0 N–H and O–H groups in total. The molecule has 0 spiro atoms. The van der Waals surface area contributed by atoms with Gasteiger partial charge in [0.25, 0.3) is 0 Å². The quantitative estimate of drug-likeness (QED) is 0.137. The largest absolute Gasteiger partial charge is 0.490 e. The molecule has 2 fully saturated rings. The zero-order valence-electron chi connectivity index (χ0n) is 27.3. The minimum absolute atomic E-state index is 0.0134.